The van der Waals surface area contributed by atoms with E-state index in [9.17, 15) is 0 Å². The molecule has 0 heterocycles. The zero-order valence-corrected chi connectivity index (χ0v) is 12.1. The first-order chi connectivity index (χ1) is 6.67. The molecule has 0 aromatic rings. The zero-order chi connectivity index (χ0) is 12.3. The molecular formula is C14H31N. The molecule has 0 spiro atoms. The van der Waals surface area contributed by atoms with Gasteiger partial charge in [-0.05, 0) is 39.5 Å². The molecular weight excluding hydrogens is 182 g/mol. The van der Waals surface area contributed by atoms with Crippen LogP contribution in [0.1, 0.15) is 68.2 Å². The van der Waals surface area contributed by atoms with Gasteiger partial charge in [-0.3, -0.25) is 0 Å². The van der Waals surface area contributed by atoms with Gasteiger partial charge in [0.15, 0.2) is 0 Å². The summed E-state index contributed by atoms with van der Waals surface area (Å²) in [5, 5.41) is 3.83. The molecule has 0 fully saturated rings. The average molecular weight is 213 g/mol. The third-order valence-electron chi connectivity index (χ3n) is 4.33. The van der Waals surface area contributed by atoms with Crippen LogP contribution in [0.25, 0.3) is 0 Å². The lowest BCUT2D eigenvalue weighted by Gasteiger charge is -2.43. The minimum atomic E-state index is 0.224. The Morgan fingerprint density at radius 2 is 1.07 bits per heavy atom. The SMILES string of the molecule is CCC(C)C(C)(C)NC(C)(C)C(C)CC. The van der Waals surface area contributed by atoms with Crippen LogP contribution < -0.4 is 5.32 Å². The lowest BCUT2D eigenvalue weighted by atomic mass is 9.80. The van der Waals surface area contributed by atoms with Gasteiger partial charge in [-0.1, -0.05) is 40.5 Å². The summed E-state index contributed by atoms with van der Waals surface area (Å²) in [6, 6.07) is 0. The van der Waals surface area contributed by atoms with E-state index in [0.717, 1.165) is 0 Å². The number of rotatable bonds is 6. The molecule has 0 aromatic heterocycles. The van der Waals surface area contributed by atoms with Gasteiger partial charge in [0.1, 0.15) is 0 Å². The van der Waals surface area contributed by atoms with Gasteiger partial charge >= 0.3 is 0 Å². The van der Waals surface area contributed by atoms with Crippen molar-refractivity contribution in [2.24, 2.45) is 11.8 Å². The van der Waals surface area contributed by atoms with Crippen molar-refractivity contribution in [3.8, 4) is 0 Å². The Morgan fingerprint density at radius 3 is 1.27 bits per heavy atom. The Labute approximate surface area is 97.0 Å². The molecule has 15 heavy (non-hydrogen) atoms. The molecule has 0 bridgehead atoms. The molecule has 1 N–H and O–H groups in total. The molecule has 0 radical (unpaired) electrons. The predicted molar refractivity (Wildman–Crippen MR) is 70.2 cm³/mol. The Balaban J connectivity index is 4.56. The molecule has 2 unspecified atom stereocenters. The van der Waals surface area contributed by atoms with Gasteiger partial charge in [-0.2, -0.15) is 0 Å². The van der Waals surface area contributed by atoms with Gasteiger partial charge in [-0.25, -0.2) is 0 Å². The summed E-state index contributed by atoms with van der Waals surface area (Å²) in [6.45, 7) is 18.5. The van der Waals surface area contributed by atoms with Crippen LogP contribution in [0.5, 0.6) is 0 Å². The third kappa shape index (κ3) is 4.14. The summed E-state index contributed by atoms with van der Waals surface area (Å²) >= 11 is 0. The first-order valence-electron chi connectivity index (χ1n) is 6.46. The van der Waals surface area contributed by atoms with E-state index in [1.54, 1.807) is 0 Å². The standard InChI is InChI=1S/C14H31N/c1-9-11(3)13(5,6)15-14(7,8)12(4)10-2/h11-12,15H,9-10H2,1-8H3. The zero-order valence-electron chi connectivity index (χ0n) is 12.1. The normalized spacial score (nSPS) is 17.6. The van der Waals surface area contributed by atoms with Crippen LogP contribution >= 0.6 is 0 Å². The monoisotopic (exact) mass is 213 g/mol. The van der Waals surface area contributed by atoms with Gasteiger partial charge in [0.05, 0.1) is 0 Å². The van der Waals surface area contributed by atoms with Crippen LogP contribution in [0.2, 0.25) is 0 Å². The van der Waals surface area contributed by atoms with Crippen molar-refractivity contribution < 1.29 is 0 Å². The largest absolute Gasteiger partial charge is 0.306 e. The molecule has 0 aromatic carbocycles. The lowest BCUT2D eigenvalue weighted by Crippen LogP contribution is -2.57. The quantitative estimate of drug-likeness (QED) is 0.696. The predicted octanol–water partition coefficient (Wildman–Crippen LogP) is 4.23. The molecule has 0 saturated carbocycles. The molecule has 0 rings (SSSR count). The number of nitrogens with one attached hydrogen (secondary N) is 1. The van der Waals surface area contributed by atoms with Crippen molar-refractivity contribution in [1.29, 1.82) is 0 Å². The summed E-state index contributed by atoms with van der Waals surface area (Å²) in [5.41, 5.74) is 0.448. The molecule has 2 atom stereocenters. The van der Waals surface area contributed by atoms with Crippen LogP contribution in [-0.2, 0) is 0 Å². The second-order valence-corrected chi connectivity index (χ2v) is 6.19. The summed E-state index contributed by atoms with van der Waals surface area (Å²) < 4.78 is 0. The summed E-state index contributed by atoms with van der Waals surface area (Å²) in [6.07, 6.45) is 2.47. The lowest BCUT2D eigenvalue weighted by molar-refractivity contribution is 0.150. The van der Waals surface area contributed by atoms with Crippen LogP contribution in [0.4, 0.5) is 0 Å². The Kier molecular flexibility index (Phi) is 5.32. The van der Waals surface area contributed by atoms with E-state index in [0.29, 0.717) is 11.8 Å². The van der Waals surface area contributed by atoms with E-state index in [4.69, 9.17) is 0 Å². The summed E-state index contributed by atoms with van der Waals surface area (Å²) in [5.74, 6) is 1.42. The fourth-order valence-electron chi connectivity index (χ4n) is 2.10. The highest BCUT2D eigenvalue weighted by Crippen LogP contribution is 2.27. The molecule has 0 amide bonds. The molecule has 0 aliphatic carbocycles. The smallest absolute Gasteiger partial charge is 0.0155 e. The second-order valence-electron chi connectivity index (χ2n) is 6.19. The number of hydrogen-bond acceptors (Lipinski definition) is 1. The van der Waals surface area contributed by atoms with Crippen molar-refractivity contribution in [1.82, 2.24) is 5.32 Å². The van der Waals surface area contributed by atoms with Gasteiger partial charge in [0.25, 0.3) is 0 Å². The third-order valence-corrected chi connectivity index (χ3v) is 4.33. The van der Waals surface area contributed by atoms with E-state index >= 15 is 0 Å². The minimum Gasteiger partial charge on any atom is -0.306 e. The highest BCUT2D eigenvalue weighted by Gasteiger charge is 2.33. The van der Waals surface area contributed by atoms with E-state index in [-0.39, 0.29) is 11.1 Å². The highest BCUT2D eigenvalue weighted by atomic mass is 15.0. The molecule has 0 aliphatic rings. The maximum absolute atomic E-state index is 3.83. The van der Waals surface area contributed by atoms with Crippen molar-refractivity contribution in [2.45, 2.75) is 79.3 Å². The van der Waals surface area contributed by atoms with Crippen molar-refractivity contribution in [3.05, 3.63) is 0 Å². The van der Waals surface area contributed by atoms with Crippen molar-refractivity contribution in [2.75, 3.05) is 0 Å². The van der Waals surface area contributed by atoms with Crippen LogP contribution in [0.3, 0.4) is 0 Å². The molecule has 92 valence electrons. The number of hydrogen-bond donors (Lipinski definition) is 1. The first kappa shape index (κ1) is 15.0. The van der Waals surface area contributed by atoms with Crippen molar-refractivity contribution in [3.63, 3.8) is 0 Å². The fourth-order valence-corrected chi connectivity index (χ4v) is 2.10. The van der Waals surface area contributed by atoms with E-state index in [1.807, 2.05) is 0 Å². The van der Waals surface area contributed by atoms with E-state index < -0.39 is 0 Å². The topological polar surface area (TPSA) is 12.0 Å². The van der Waals surface area contributed by atoms with Gasteiger partial charge < -0.3 is 5.32 Å². The maximum atomic E-state index is 3.83. The second kappa shape index (κ2) is 5.34. The molecule has 0 aliphatic heterocycles. The molecule has 1 nitrogen and oxygen atoms in total. The highest BCUT2D eigenvalue weighted by molar-refractivity contribution is 4.93. The maximum Gasteiger partial charge on any atom is 0.0155 e. The van der Waals surface area contributed by atoms with Gasteiger partial charge in [0, 0.05) is 11.1 Å². The average Bonchev–Trinajstić information content (AvgIpc) is 2.13. The molecule has 1 heteroatoms. The Morgan fingerprint density at radius 1 is 0.800 bits per heavy atom. The van der Waals surface area contributed by atoms with E-state index in [1.165, 1.54) is 12.8 Å². The van der Waals surface area contributed by atoms with Crippen LogP contribution in [-0.4, -0.2) is 11.1 Å². The first-order valence-corrected chi connectivity index (χ1v) is 6.46. The summed E-state index contributed by atoms with van der Waals surface area (Å²) in [4.78, 5) is 0. The van der Waals surface area contributed by atoms with E-state index in [2.05, 4.69) is 60.7 Å². The Hall–Kier alpha value is -0.0400. The van der Waals surface area contributed by atoms with Crippen LogP contribution in [0, 0.1) is 11.8 Å². The van der Waals surface area contributed by atoms with Crippen LogP contribution in [0.15, 0.2) is 0 Å². The molecule has 0 saturated heterocycles. The minimum absolute atomic E-state index is 0.224. The van der Waals surface area contributed by atoms with Crippen molar-refractivity contribution >= 4 is 0 Å². The van der Waals surface area contributed by atoms with Gasteiger partial charge in [0.2, 0.25) is 0 Å². The fraction of sp³-hybridized carbons (Fsp3) is 1.00. The Bertz CT molecular complexity index is 162. The summed E-state index contributed by atoms with van der Waals surface area (Å²) in [7, 11) is 0. The van der Waals surface area contributed by atoms with Gasteiger partial charge in [-0.15, -0.1) is 0 Å².